The Balaban J connectivity index is 1.97. The molecular formula is C23H31N3O3. The van der Waals surface area contributed by atoms with Gasteiger partial charge in [0.15, 0.2) is 0 Å². The molecule has 0 saturated carbocycles. The average molecular weight is 398 g/mol. The zero-order chi connectivity index (χ0) is 21.2. The monoisotopic (exact) mass is 397 g/mol. The number of carbonyl (C=O) groups is 2. The highest BCUT2D eigenvalue weighted by Crippen LogP contribution is 2.24. The van der Waals surface area contributed by atoms with E-state index in [1.807, 2.05) is 50.2 Å². The second-order valence-electron chi connectivity index (χ2n) is 7.16. The van der Waals surface area contributed by atoms with Gasteiger partial charge in [0, 0.05) is 24.3 Å². The molecule has 0 aliphatic carbocycles. The molecule has 2 aromatic rings. The lowest BCUT2D eigenvalue weighted by atomic mass is 10.1. The molecule has 29 heavy (non-hydrogen) atoms. The molecule has 0 aromatic heterocycles. The molecule has 2 rings (SSSR count). The molecule has 2 aromatic carbocycles. The van der Waals surface area contributed by atoms with Crippen LogP contribution < -0.4 is 15.4 Å². The van der Waals surface area contributed by atoms with E-state index in [2.05, 4.69) is 24.5 Å². The average Bonchev–Trinajstić information content (AvgIpc) is 2.72. The highest BCUT2D eigenvalue weighted by atomic mass is 16.5. The van der Waals surface area contributed by atoms with Crippen LogP contribution in [0, 0.1) is 5.92 Å². The topological polar surface area (TPSA) is 70.7 Å². The third kappa shape index (κ3) is 6.82. The van der Waals surface area contributed by atoms with Crippen LogP contribution in [-0.2, 0) is 4.79 Å². The number of nitrogens with zero attached hydrogens (tertiary/aromatic N) is 1. The molecule has 0 unspecified atom stereocenters. The van der Waals surface area contributed by atoms with Crippen LogP contribution in [-0.4, -0.2) is 43.0 Å². The maximum Gasteiger partial charge on any atom is 0.253 e. The zero-order valence-electron chi connectivity index (χ0n) is 17.7. The smallest absolute Gasteiger partial charge is 0.253 e. The lowest BCUT2D eigenvalue weighted by molar-refractivity contribution is -0.114. The summed E-state index contributed by atoms with van der Waals surface area (Å²) in [5.74, 6) is 0.846. The van der Waals surface area contributed by atoms with Crippen molar-refractivity contribution in [2.24, 2.45) is 5.92 Å². The van der Waals surface area contributed by atoms with E-state index < -0.39 is 0 Å². The minimum Gasteiger partial charge on any atom is -0.491 e. The Morgan fingerprint density at radius 1 is 1.03 bits per heavy atom. The van der Waals surface area contributed by atoms with Gasteiger partial charge in [-0.2, -0.15) is 0 Å². The zero-order valence-corrected chi connectivity index (χ0v) is 17.7. The second-order valence-corrected chi connectivity index (χ2v) is 7.16. The van der Waals surface area contributed by atoms with Gasteiger partial charge in [0.05, 0.1) is 18.8 Å². The fourth-order valence-electron chi connectivity index (χ4n) is 2.78. The summed E-state index contributed by atoms with van der Waals surface area (Å²) < 4.78 is 5.77. The van der Waals surface area contributed by atoms with Crippen molar-refractivity contribution < 1.29 is 14.3 Å². The number of amides is 2. The van der Waals surface area contributed by atoms with E-state index in [-0.39, 0.29) is 18.4 Å². The van der Waals surface area contributed by atoms with Crippen molar-refractivity contribution >= 4 is 23.2 Å². The molecule has 0 saturated heterocycles. The van der Waals surface area contributed by atoms with Crippen molar-refractivity contribution in [3.8, 4) is 5.75 Å². The van der Waals surface area contributed by atoms with Crippen LogP contribution in [0.3, 0.4) is 0 Å². The first-order valence-electron chi connectivity index (χ1n) is 10.1. The van der Waals surface area contributed by atoms with Crippen molar-refractivity contribution in [3.05, 3.63) is 54.1 Å². The van der Waals surface area contributed by atoms with Crippen molar-refractivity contribution in [2.75, 3.05) is 36.9 Å². The van der Waals surface area contributed by atoms with Crippen molar-refractivity contribution in [3.63, 3.8) is 0 Å². The fourth-order valence-corrected chi connectivity index (χ4v) is 2.78. The van der Waals surface area contributed by atoms with Gasteiger partial charge in [-0.15, -0.1) is 0 Å². The molecule has 6 nitrogen and oxygen atoms in total. The van der Waals surface area contributed by atoms with E-state index in [4.69, 9.17) is 4.74 Å². The van der Waals surface area contributed by atoms with Crippen molar-refractivity contribution in [1.29, 1.82) is 0 Å². The number of para-hydroxylation sites is 2. The maximum atomic E-state index is 12.5. The minimum atomic E-state index is -0.189. The second kappa shape index (κ2) is 11.1. The lowest BCUT2D eigenvalue weighted by Crippen LogP contribution is -2.30. The van der Waals surface area contributed by atoms with Gasteiger partial charge in [-0.1, -0.05) is 32.0 Å². The maximum absolute atomic E-state index is 12.5. The van der Waals surface area contributed by atoms with Gasteiger partial charge in [0.1, 0.15) is 5.75 Å². The van der Waals surface area contributed by atoms with Crippen molar-refractivity contribution in [2.45, 2.75) is 27.7 Å². The molecular weight excluding hydrogens is 366 g/mol. The summed E-state index contributed by atoms with van der Waals surface area (Å²) in [5, 5.41) is 5.96. The summed E-state index contributed by atoms with van der Waals surface area (Å²) in [7, 11) is 0. The Morgan fingerprint density at radius 3 is 2.45 bits per heavy atom. The summed E-state index contributed by atoms with van der Waals surface area (Å²) in [5.41, 5.74) is 1.97. The summed E-state index contributed by atoms with van der Waals surface area (Å²) in [4.78, 5) is 26.6. The molecule has 0 aliphatic rings. The lowest BCUT2D eigenvalue weighted by Gasteiger charge is -2.19. The number of anilines is 2. The first-order valence-corrected chi connectivity index (χ1v) is 10.1. The molecule has 0 atom stereocenters. The van der Waals surface area contributed by atoms with Gasteiger partial charge in [-0.25, -0.2) is 0 Å². The summed E-state index contributed by atoms with van der Waals surface area (Å²) in [6.45, 7) is 10.0. The third-order valence-corrected chi connectivity index (χ3v) is 4.35. The van der Waals surface area contributed by atoms with Gasteiger partial charge >= 0.3 is 0 Å². The van der Waals surface area contributed by atoms with E-state index >= 15 is 0 Å². The van der Waals surface area contributed by atoms with E-state index in [1.54, 1.807) is 17.0 Å². The molecule has 0 aliphatic heterocycles. The summed E-state index contributed by atoms with van der Waals surface area (Å²) >= 11 is 0. The predicted molar refractivity (Wildman–Crippen MR) is 118 cm³/mol. The SMILES string of the molecule is CCN(CC)C(=O)c1cccc(NCC(=O)Nc2ccccc2OCC(C)C)c1. The number of hydrogen-bond donors (Lipinski definition) is 2. The first-order chi connectivity index (χ1) is 13.9. The molecule has 2 N–H and O–H groups in total. The van der Waals surface area contributed by atoms with E-state index in [0.29, 0.717) is 42.6 Å². The molecule has 156 valence electrons. The fraction of sp³-hybridized carbons (Fsp3) is 0.391. The molecule has 0 bridgehead atoms. The Kier molecular flexibility index (Phi) is 8.52. The summed E-state index contributed by atoms with van der Waals surface area (Å²) in [6.07, 6.45) is 0. The highest BCUT2D eigenvalue weighted by Gasteiger charge is 2.13. The number of benzene rings is 2. The predicted octanol–water partition coefficient (Wildman–Crippen LogP) is 4.25. The minimum absolute atomic E-state index is 0.0145. The molecule has 0 radical (unpaired) electrons. The molecule has 6 heteroatoms. The van der Waals surface area contributed by atoms with Gasteiger partial charge < -0.3 is 20.3 Å². The van der Waals surface area contributed by atoms with Crippen molar-refractivity contribution in [1.82, 2.24) is 4.90 Å². The molecule has 2 amide bonds. The van der Waals surface area contributed by atoms with Gasteiger partial charge in [-0.05, 0) is 50.1 Å². The van der Waals surface area contributed by atoms with Gasteiger partial charge in [0.25, 0.3) is 5.91 Å². The van der Waals surface area contributed by atoms with Gasteiger partial charge in [-0.3, -0.25) is 9.59 Å². The van der Waals surface area contributed by atoms with Crippen LogP contribution in [0.25, 0.3) is 0 Å². The highest BCUT2D eigenvalue weighted by molar-refractivity contribution is 5.96. The number of nitrogens with one attached hydrogen (secondary N) is 2. The van der Waals surface area contributed by atoms with E-state index in [1.165, 1.54) is 0 Å². The Hall–Kier alpha value is -3.02. The number of carbonyl (C=O) groups excluding carboxylic acids is 2. The van der Waals surface area contributed by atoms with Crippen LogP contribution in [0.5, 0.6) is 5.75 Å². The number of ether oxygens (including phenoxy) is 1. The Bertz CT molecular complexity index is 817. The van der Waals surface area contributed by atoms with Crippen LogP contribution in [0.2, 0.25) is 0 Å². The first kappa shape index (κ1) is 22.3. The molecule has 0 fully saturated rings. The largest absolute Gasteiger partial charge is 0.491 e. The number of rotatable bonds is 10. The Morgan fingerprint density at radius 2 is 1.76 bits per heavy atom. The summed E-state index contributed by atoms with van der Waals surface area (Å²) in [6, 6.07) is 14.6. The molecule has 0 spiro atoms. The van der Waals surface area contributed by atoms with Crippen LogP contribution >= 0.6 is 0 Å². The molecule has 0 heterocycles. The van der Waals surface area contributed by atoms with Crippen LogP contribution in [0.1, 0.15) is 38.1 Å². The van der Waals surface area contributed by atoms with Crippen LogP contribution in [0.15, 0.2) is 48.5 Å². The normalized spacial score (nSPS) is 10.5. The standard InChI is InChI=1S/C23H31N3O3/c1-5-26(6-2)23(28)18-10-9-11-19(14-18)24-15-22(27)25-20-12-7-8-13-21(20)29-16-17(3)4/h7-14,17,24H,5-6,15-16H2,1-4H3,(H,25,27). The third-order valence-electron chi connectivity index (χ3n) is 4.35. The van der Waals surface area contributed by atoms with Gasteiger partial charge in [0.2, 0.25) is 5.91 Å². The van der Waals surface area contributed by atoms with E-state index in [9.17, 15) is 9.59 Å². The van der Waals surface area contributed by atoms with Crippen LogP contribution in [0.4, 0.5) is 11.4 Å². The number of hydrogen-bond acceptors (Lipinski definition) is 4. The quantitative estimate of drug-likeness (QED) is 0.629. The van der Waals surface area contributed by atoms with E-state index in [0.717, 1.165) is 5.69 Å². The Labute approximate surface area is 173 Å².